The molecule has 0 radical (unpaired) electrons. The smallest absolute Gasteiger partial charge is 0.203 e. The van der Waals surface area contributed by atoms with Crippen molar-refractivity contribution >= 4 is 0 Å². The van der Waals surface area contributed by atoms with Crippen LogP contribution in [0.4, 0.5) is 0 Å². The Balaban J connectivity index is 2.40. The molecule has 0 aromatic heterocycles. The summed E-state index contributed by atoms with van der Waals surface area (Å²) < 4.78 is 16.2. The first-order valence-electron chi connectivity index (χ1n) is 7.69. The number of benzene rings is 1. The van der Waals surface area contributed by atoms with Crippen LogP contribution in [0, 0.1) is 11.3 Å². The van der Waals surface area contributed by atoms with Crippen LogP contribution in [0.1, 0.15) is 18.5 Å². The first-order chi connectivity index (χ1) is 11.0. The minimum atomic E-state index is -0.340. The number of nitrogens with zero attached hydrogens (tertiary/aromatic N) is 3. The molecule has 0 saturated carbocycles. The van der Waals surface area contributed by atoms with Gasteiger partial charge in [-0.1, -0.05) is 0 Å². The maximum absolute atomic E-state index is 9.75. The van der Waals surface area contributed by atoms with Crippen molar-refractivity contribution in [2.45, 2.75) is 19.0 Å². The van der Waals surface area contributed by atoms with Crippen molar-refractivity contribution in [2.75, 3.05) is 48.0 Å². The summed E-state index contributed by atoms with van der Waals surface area (Å²) in [5, 5.41) is 9.75. The second-order valence-corrected chi connectivity index (χ2v) is 5.84. The van der Waals surface area contributed by atoms with Crippen LogP contribution in [0.15, 0.2) is 12.1 Å². The Morgan fingerprint density at radius 2 is 1.74 bits per heavy atom. The van der Waals surface area contributed by atoms with Crippen LogP contribution >= 0.6 is 0 Å². The van der Waals surface area contributed by atoms with Crippen LogP contribution in [0.5, 0.6) is 17.2 Å². The fraction of sp³-hybridized carbons (Fsp3) is 0.588. The van der Waals surface area contributed by atoms with Gasteiger partial charge >= 0.3 is 0 Å². The maximum Gasteiger partial charge on any atom is 0.203 e. The zero-order chi connectivity index (χ0) is 17.0. The third-order valence-corrected chi connectivity index (χ3v) is 4.34. The van der Waals surface area contributed by atoms with E-state index >= 15 is 0 Å². The summed E-state index contributed by atoms with van der Waals surface area (Å²) in [4.78, 5) is 4.51. The average molecular weight is 319 g/mol. The highest BCUT2D eigenvalue weighted by Crippen LogP contribution is 2.41. The summed E-state index contributed by atoms with van der Waals surface area (Å²) in [5.41, 5.74) is 0.860. The van der Waals surface area contributed by atoms with Crippen LogP contribution in [-0.2, 0) is 0 Å². The monoisotopic (exact) mass is 319 g/mol. The van der Waals surface area contributed by atoms with E-state index in [1.165, 1.54) is 0 Å². The number of rotatable bonds is 5. The van der Waals surface area contributed by atoms with Gasteiger partial charge < -0.3 is 19.1 Å². The zero-order valence-corrected chi connectivity index (χ0v) is 14.5. The van der Waals surface area contributed by atoms with Crippen LogP contribution in [0.3, 0.4) is 0 Å². The molecule has 23 heavy (non-hydrogen) atoms. The topological polar surface area (TPSA) is 58.0 Å². The van der Waals surface area contributed by atoms with Gasteiger partial charge in [-0.3, -0.25) is 4.90 Å². The molecule has 1 aliphatic rings. The van der Waals surface area contributed by atoms with E-state index < -0.39 is 0 Å². The lowest BCUT2D eigenvalue weighted by Gasteiger charge is -2.40. The number of hydrogen-bond donors (Lipinski definition) is 0. The molecular formula is C17H25N3O3. The van der Waals surface area contributed by atoms with Gasteiger partial charge in [-0.2, -0.15) is 5.26 Å². The predicted molar refractivity (Wildman–Crippen MR) is 88.1 cm³/mol. The van der Waals surface area contributed by atoms with Crippen molar-refractivity contribution in [3.63, 3.8) is 0 Å². The second-order valence-electron chi connectivity index (χ2n) is 5.84. The third-order valence-electron chi connectivity index (χ3n) is 4.34. The summed E-state index contributed by atoms with van der Waals surface area (Å²) in [6, 6.07) is 6.11. The molecule has 1 aliphatic heterocycles. The lowest BCUT2D eigenvalue weighted by molar-refractivity contribution is 0.0795. The second kappa shape index (κ2) is 7.53. The van der Waals surface area contributed by atoms with Gasteiger partial charge in [0.2, 0.25) is 5.75 Å². The highest BCUT2D eigenvalue weighted by Gasteiger charge is 2.30. The largest absolute Gasteiger partial charge is 0.493 e. The van der Waals surface area contributed by atoms with Crippen molar-refractivity contribution in [2.24, 2.45) is 0 Å². The van der Waals surface area contributed by atoms with Gasteiger partial charge in [-0.25, -0.2) is 0 Å². The van der Waals surface area contributed by atoms with E-state index in [4.69, 9.17) is 14.2 Å². The normalized spacial score (nSPS) is 20.6. The minimum absolute atomic E-state index is 0.303. The Kier molecular flexibility index (Phi) is 5.69. The van der Waals surface area contributed by atoms with Crippen molar-refractivity contribution in [1.82, 2.24) is 9.80 Å². The summed E-state index contributed by atoms with van der Waals surface area (Å²) in [6.07, 6.45) is 0. The average Bonchev–Trinajstić information content (AvgIpc) is 2.56. The summed E-state index contributed by atoms with van der Waals surface area (Å²) >= 11 is 0. The van der Waals surface area contributed by atoms with Crippen LogP contribution < -0.4 is 14.2 Å². The van der Waals surface area contributed by atoms with Crippen molar-refractivity contribution < 1.29 is 14.2 Å². The summed E-state index contributed by atoms with van der Waals surface area (Å²) in [7, 11) is 6.85. The molecular weight excluding hydrogens is 294 g/mol. The number of hydrogen-bond acceptors (Lipinski definition) is 6. The molecule has 0 N–H and O–H groups in total. The standard InChI is InChI=1S/C17H25N3O3/c1-12-11-19(2)6-7-20(12)14(10-18)13-8-15(21-3)17(23-5)16(9-13)22-4/h8-9,12,14H,6-7,11H2,1-5H3. The van der Waals surface area contributed by atoms with Gasteiger partial charge in [0, 0.05) is 25.7 Å². The third kappa shape index (κ3) is 3.52. The molecule has 1 heterocycles. The summed E-state index contributed by atoms with van der Waals surface area (Å²) in [6.45, 7) is 4.90. The fourth-order valence-electron chi connectivity index (χ4n) is 3.14. The molecule has 0 spiro atoms. The molecule has 1 fully saturated rings. The van der Waals surface area contributed by atoms with E-state index in [-0.39, 0.29) is 6.04 Å². The van der Waals surface area contributed by atoms with E-state index in [0.29, 0.717) is 23.3 Å². The fourth-order valence-corrected chi connectivity index (χ4v) is 3.14. The predicted octanol–water partition coefficient (Wildman–Crippen LogP) is 1.91. The molecule has 1 saturated heterocycles. The molecule has 2 rings (SSSR count). The highest BCUT2D eigenvalue weighted by molar-refractivity contribution is 5.55. The van der Waals surface area contributed by atoms with E-state index in [9.17, 15) is 5.26 Å². The van der Waals surface area contributed by atoms with Gasteiger partial charge in [-0.05, 0) is 31.7 Å². The zero-order valence-electron chi connectivity index (χ0n) is 14.5. The van der Waals surface area contributed by atoms with E-state index in [1.54, 1.807) is 21.3 Å². The molecule has 0 aliphatic carbocycles. The molecule has 6 heteroatoms. The minimum Gasteiger partial charge on any atom is -0.493 e. The number of piperazine rings is 1. The molecule has 6 nitrogen and oxygen atoms in total. The molecule has 0 bridgehead atoms. The van der Waals surface area contributed by atoms with Crippen molar-refractivity contribution in [1.29, 1.82) is 5.26 Å². The maximum atomic E-state index is 9.75. The number of methoxy groups -OCH3 is 3. The molecule has 2 unspecified atom stereocenters. The van der Waals surface area contributed by atoms with Gasteiger partial charge in [0.25, 0.3) is 0 Å². The molecule has 0 amide bonds. The summed E-state index contributed by atoms with van der Waals surface area (Å²) in [5.74, 6) is 1.69. The Morgan fingerprint density at radius 1 is 1.13 bits per heavy atom. The highest BCUT2D eigenvalue weighted by atomic mass is 16.5. The van der Waals surface area contributed by atoms with Crippen LogP contribution in [0.25, 0.3) is 0 Å². The lowest BCUT2D eigenvalue weighted by Crippen LogP contribution is -2.51. The number of nitriles is 1. The van der Waals surface area contributed by atoms with Gasteiger partial charge in [-0.15, -0.1) is 0 Å². The van der Waals surface area contributed by atoms with Crippen molar-refractivity contribution in [3.05, 3.63) is 17.7 Å². The first-order valence-corrected chi connectivity index (χ1v) is 7.69. The number of ether oxygens (including phenoxy) is 3. The Hall–Kier alpha value is -1.97. The SMILES string of the molecule is COc1cc(C(C#N)N2CCN(C)CC2C)cc(OC)c1OC. The molecule has 126 valence electrons. The Labute approximate surface area is 138 Å². The molecule has 2 atom stereocenters. The Morgan fingerprint density at radius 3 is 2.17 bits per heavy atom. The van der Waals surface area contributed by atoms with Crippen LogP contribution in [0.2, 0.25) is 0 Å². The van der Waals surface area contributed by atoms with E-state index in [0.717, 1.165) is 25.2 Å². The quantitative estimate of drug-likeness (QED) is 0.826. The Bertz CT molecular complexity index is 560. The van der Waals surface area contributed by atoms with Crippen LogP contribution in [-0.4, -0.2) is 63.9 Å². The van der Waals surface area contributed by atoms with Crippen molar-refractivity contribution in [3.8, 4) is 23.3 Å². The van der Waals surface area contributed by atoms with E-state index in [1.807, 2.05) is 12.1 Å². The van der Waals surface area contributed by atoms with Gasteiger partial charge in [0.15, 0.2) is 11.5 Å². The molecule has 1 aromatic rings. The first kappa shape index (κ1) is 17.4. The van der Waals surface area contributed by atoms with E-state index in [2.05, 4.69) is 29.8 Å². The van der Waals surface area contributed by atoms with Gasteiger partial charge in [0.1, 0.15) is 6.04 Å². The van der Waals surface area contributed by atoms with Gasteiger partial charge in [0.05, 0.1) is 27.4 Å². The number of likely N-dealkylation sites (N-methyl/N-ethyl adjacent to an activating group) is 1. The molecule has 1 aromatic carbocycles. The lowest BCUT2D eigenvalue weighted by atomic mass is 10.0.